The van der Waals surface area contributed by atoms with E-state index in [1.807, 2.05) is 35.8 Å². The lowest BCUT2D eigenvalue weighted by Crippen LogP contribution is -2.64. The minimum Gasteiger partial charge on any atom is -0.497 e. The molecule has 0 spiro atoms. The summed E-state index contributed by atoms with van der Waals surface area (Å²) in [6.45, 7) is 5.06. The van der Waals surface area contributed by atoms with Gasteiger partial charge in [-0.2, -0.15) is 0 Å². The molecule has 1 N–H and O–H groups in total. The summed E-state index contributed by atoms with van der Waals surface area (Å²) in [7, 11) is 1.64. The van der Waals surface area contributed by atoms with Crippen LogP contribution in [0.25, 0.3) is 10.9 Å². The van der Waals surface area contributed by atoms with Crippen LogP contribution in [0.2, 0.25) is 0 Å². The highest BCUT2D eigenvalue weighted by Crippen LogP contribution is 2.34. The minimum atomic E-state index is -0.906. The van der Waals surface area contributed by atoms with Crippen molar-refractivity contribution in [3.63, 3.8) is 0 Å². The number of ether oxygens (including phenoxy) is 1. The lowest BCUT2D eigenvalue weighted by molar-refractivity contribution is -0.133. The van der Waals surface area contributed by atoms with Crippen LogP contribution in [0, 0.1) is 0 Å². The molecule has 0 unspecified atom stereocenters. The van der Waals surface area contributed by atoms with E-state index in [1.54, 1.807) is 12.0 Å². The Labute approximate surface area is 172 Å². The number of amides is 2. The predicted octanol–water partition coefficient (Wildman–Crippen LogP) is 3.72. The molecule has 1 aromatic carbocycles. The van der Waals surface area contributed by atoms with Crippen molar-refractivity contribution >= 4 is 22.7 Å². The zero-order valence-electron chi connectivity index (χ0n) is 17.7. The summed E-state index contributed by atoms with van der Waals surface area (Å²) in [5.74, 6) is 0.643. The van der Waals surface area contributed by atoms with Gasteiger partial charge in [0.15, 0.2) is 0 Å². The standard InChI is InChI=1S/C23H31N3O3/c1-4-5-12-26-21(27)20-13-16-10-11-18(29-3)14-19(16)25(20)15-23(26,2)22(28)24-17-8-6-7-9-17/h10-11,13-14,17H,4-9,12,15H2,1-3H3,(H,24,28)/t23-/m0/s1. The molecule has 2 heterocycles. The largest absolute Gasteiger partial charge is 0.497 e. The topological polar surface area (TPSA) is 63.6 Å². The van der Waals surface area contributed by atoms with Gasteiger partial charge >= 0.3 is 0 Å². The van der Waals surface area contributed by atoms with E-state index in [0.29, 0.717) is 18.8 Å². The fourth-order valence-corrected chi connectivity index (χ4v) is 4.73. The molecule has 6 nitrogen and oxygen atoms in total. The van der Waals surface area contributed by atoms with E-state index in [2.05, 4.69) is 12.2 Å². The number of carbonyl (C=O) groups is 2. The number of hydrogen-bond donors (Lipinski definition) is 1. The fraction of sp³-hybridized carbons (Fsp3) is 0.565. The normalized spacial score (nSPS) is 22.2. The summed E-state index contributed by atoms with van der Waals surface area (Å²) in [6.07, 6.45) is 6.23. The van der Waals surface area contributed by atoms with Crippen molar-refractivity contribution in [2.24, 2.45) is 0 Å². The number of methoxy groups -OCH3 is 1. The van der Waals surface area contributed by atoms with Gasteiger partial charge in [-0.1, -0.05) is 26.2 Å². The van der Waals surface area contributed by atoms with Crippen LogP contribution in [0.1, 0.15) is 62.9 Å². The first-order chi connectivity index (χ1) is 14.0. The summed E-state index contributed by atoms with van der Waals surface area (Å²) < 4.78 is 7.38. The molecule has 0 saturated heterocycles. The molecule has 0 radical (unpaired) electrons. The third-order valence-electron chi connectivity index (χ3n) is 6.55. The van der Waals surface area contributed by atoms with Crippen LogP contribution in [-0.4, -0.2) is 46.5 Å². The van der Waals surface area contributed by atoms with Crippen LogP contribution in [-0.2, 0) is 11.3 Å². The van der Waals surface area contributed by atoms with Gasteiger partial charge in [-0.3, -0.25) is 9.59 Å². The Morgan fingerprint density at radius 1 is 1.28 bits per heavy atom. The predicted molar refractivity (Wildman–Crippen MR) is 113 cm³/mol. The van der Waals surface area contributed by atoms with Crippen molar-refractivity contribution in [1.82, 2.24) is 14.8 Å². The van der Waals surface area contributed by atoms with Gasteiger partial charge in [0.1, 0.15) is 17.0 Å². The van der Waals surface area contributed by atoms with Gasteiger partial charge in [-0.15, -0.1) is 0 Å². The minimum absolute atomic E-state index is 0.0377. The Kier molecular flexibility index (Phi) is 5.28. The SMILES string of the molecule is CCCCN1C(=O)c2cc3ccc(OC)cc3n2C[C@@]1(C)C(=O)NC1CCCC1. The van der Waals surface area contributed by atoms with Crippen molar-refractivity contribution in [3.8, 4) is 5.75 Å². The Hall–Kier alpha value is -2.50. The molecule has 1 aliphatic carbocycles. The molecule has 1 fully saturated rings. The van der Waals surface area contributed by atoms with Crippen molar-refractivity contribution < 1.29 is 14.3 Å². The van der Waals surface area contributed by atoms with Crippen LogP contribution in [0.3, 0.4) is 0 Å². The highest BCUT2D eigenvalue weighted by Gasteiger charge is 2.47. The van der Waals surface area contributed by atoms with Crippen molar-refractivity contribution in [1.29, 1.82) is 0 Å². The summed E-state index contributed by atoms with van der Waals surface area (Å²) in [4.78, 5) is 28.7. The summed E-state index contributed by atoms with van der Waals surface area (Å²) in [5, 5.41) is 4.23. The Bertz CT molecular complexity index is 929. The first-order valence-electron chi connectivity index (χ1n) is 10.8. The molecule has 156 valence electrons. The third-order valence-corrected chi connectivity index (χ3v) is 6.55. The van der Waals surface area contributed by atoms with Crippen molar-refractivity contribution in [2.75, 3.05) is 13.7 Å². The van der Waals surface area contributed by atoms with Gasteiger partial charge in [0.05, 0.1) is 19.2 Å². The lowest BCUT2D eigenvalue weighted by atomic mass is 9.93. The van der Waals surface area contributed by atoms with E-state index in [1.165, 1.54) is 0 Å². The number of fused-ring (bicyclic) bond motifs is 3. The van der Waals surface area contributed by atoms with Crippen molar-refractivity contribution in [3.05, 3.63) is 30.0 Å². The van der Waals surface area contributed by atoms with Gasteiger partial charge in [-0.25, -0.2) is 0 Å². The molecule has 0 bridgehead atoms. The first kappa shape index (κ1) is 19.8. The maximum absolute atomic E-state index is 13.5. The Morgan fingerprint density at radius 2 is 2.03 bits per heavy atom. The molecular formula is C23H31N3O3. The van der Waals surface area contributed by atoms with Gasteiger partial charge in [0, 0.05) is 24.0 Å². The second-order valence-electron chi connectivity index (χ2n) is 8.58. The van der Waals surface area contributed by atoms with Crippen LogP contribution in [0.15, 0.2) is 24.3 Å². The van der Waals surface area contributed by atoms with E-state index in [9.17, 15) is 9.59 Å². The van der Waals surface area contributed by atoms with Gasteiger partial charge < -0.3 is 19.5 Å². The molecule has 2 aliphatic rings. The maximum Gasteiger partial charge on any atom is 0.271 e. The second kappa shape index (κ2) is 7.73. The molecule has 2 aromatic rings. The summed E-state index contributed by atoms with van der Waals surface area (Å²) in [5.41, 5.74) is 0.676. The number of nitrogens with zero attached hydrogens (tertiary/aromatic N) is 2. The number of aromatic nitrogens is 1. The molecular weight excluding hydrogens is 366 g/mol. The zero-order valence-corrected chi connectivity index (χ0v) is 17.7. The third kappa shape index (κ3) is 3.38. The summed E-state index contributed by atoms with van der Waals surface area (Å²) >= 11 is 0. The van der Waals surface area contributed by atoms with Crippen LogP contribution < -0.4 is 10.1 Å². The van der Waals surface area contributed by atoms with E-state index in [0.717, 1.165) is 55.2 Å². The molecule has 1 aromatic heterocycles. The maximum atomic E-state index is 13.5. The number of nitrogens with one attached hydrogen (secondary N) is 1. The van der Waals surface area contributed by atoms with Crippen molar-refractivity contribution in [2.45, 2.75) is 70.5 Å². The van der Waals surface area contributed by atoms with E-state index in [4.69, 9.17) is 4.74 Å². The average Bonchev–Trinajstić information content (AvgIpc) is 3.35. The Balaban J connectivity index is 1.75. The molecule has 1 aliphatic heterocycles. The van der Waals surface area contributed by atoms with Gasteiger partial charge in [0.2, 0.25) is 5.91 Å². The van der Waals surface area contributed by atoms with E-state index >= 15 is 0 Å². The lowest BCUT2D eigenvalue weighted by Gasteiger charge is -2.44. The highest BCUT2D eigenvalue weighted by atomic mass is 16.5. The second-order valence-corrected chi connectivity index (χ2v) is 8.58. The van der Waals surface area contributed by atoms with E-state index in [-0.39, 0.29) is 17.9 Å². The number of benzene rings is 1. The number of unbranched alkanes of at least 4 members (excludes halogenated alkanes) is 1. The summed E-state index contributed by atoms with van der Waals surface area (Å²) in [6, 6.07) is 7.98. The van der Waals surface area contributed by atoms with E-state index < -0.39 is 5.54 Å². The first-order valence-corrected chi connectivity index (χ1v) is 10.8. The van der Waals surface area contributed by atoms with Gasteiger partial charge in [-0.05, 0) is 44.4 Å². The Morgan fingerprint density at radius 3 is 2.72 bits per heavy atom. The number of carbonyl (C=O) groups excluding carboxylic acids is 2. The number of rotatable bonds is 6. The zero-order chi connectivity index (χ0) is 20.6. The van der Waals surface area contributed by atoms with Crippen LogP contribution in [0.4, 0.5) is 0 Å². The quantitative estimate of drug-likeness (QED) is 0.808. The average molecular weight is 398 g/mol. The molecule has 29 heavy (non-hydrogen) atoms. The smallest absolute Gasteiger partial charge is 0.271 e. The monoisotopic (exact) mass is 397 g/mol. The molecule has 4 rings (SSSR count). The van der Waals surface area contributed by atoms with Gasteiger partial charge in [0.25, 0.3) is 5.91 Å². The highest BCUT2D eigenvalue weighted by molar-refractivity contribution is 6.03. The fourth-order valence-electron chi connectivity index (χ4n) is 4.73. The number of hydrogen-bond acceptors (Lipinski definition) is 3. The molecule has 2 amide bonds. The van der Waals surface area contributed by atoms with Crippen LogP contribution in [0.5, 0.6) is 5.75 Å². The molecule has 6 heteroatoms. The molecule has 1 atom stereocenters. The van der Waals surface area contributed by atoms with Crippen LogP contribution >= 0.6 is 0 Å². The molecule has 1 saturated carbocycles.